The highest BCUT2D eigenvalue weighted by molar-refractivity contribution is 7.99. The molecule has 2 heteroatoms. The lowest BCUT2D eigenvalue weighted by Crippen LogP contribution is -2.20. The predicted octanol–water partition coefficient (Wildman–Crippen LogP) is 3.73. The van der Waals surface area contributed by atoms with Crippen molar-refractivity contribution in [1.82, 2.24) is 0 Å². The van der Waals surface area contributed by atoms with Gasteiger partial charge >= 0.3 is 0 Å². The molecule has 16 heavy (non-hydrogen) atoms. The molecule has 0 unspecified atom stereocenters. The topological polar surface area (TPSA) is 9.23 Å². The number of hydrogen-bond donors (Lipinski definition) is 0. The van der Waals surface area contributed by atoms with E-state index in [1.165, 1.54) is 24.2 Å². The lowest BCUT2D eigenvalue weighted by atomic mass is 10.0. The standard InChI is InChI=1S/C14H20OS/c1-12-9-14(7-8-16-12)11-15-10-13-5-3-2-4-6-13/h2-6,12,14H,7-11H2,1H3/t12-,14-/m0/s1. The number of rotatable bonds is 4. The molecule has 0 spiro atoms. The van der Waals surface area contributed by atoms with Crippen molar-refractivity contribution in [2.24, 2.45) is 5.92 Å². The first kappa shape index (κ1) is 12.0. The molecule has 1 nitrogen and oxygen atoms in total. The van der Waals surface area contributed by atoms with E-state index >= 15 is 0 Å². The van der Waals surface area contributed by atoms with Crippen LogP contribution in [-0.2, 0) is 11.3 Å². The summed E-state index contributed by atoms with van der Waals surface area (Å²) >= 11 is 2.10. The summed E-state index contributed by atoms with van der Waals surface area (Å²) in [5.74, 6) is 2.08. The third-order valence-electron chi connectivity index (χ3n) is 3.06. The highest BCUT2D eigenvalue weighted by Crippen LogP contribution is 2.29. The van der Waals surface area contributed by atoms with Gasteiger partial charge in [0.1, 0.15) is 0 Å². The summed E-state index contributed by atoms with van der Waals surface area (Å²) in [7, 11) is 0. The molecule has 1 aliphatic heterocycles. The Kier molecular flexibility index (Phi) is 4.73. The van der Waals surface area contributed by atoms with E-state index in [-0.39, 0.29) is 0 Å². The van der Waals surface area contributed by atoms with E-state index in [4.69, 9.17) is 4.74 Å². The van der Waals surface area contributed by atoms with Gasteiger partial charge in [0.05, 0.1) is 6.61 Å². The lowest BCUT2D eigenvalue weighted by Gasteiger charge is -2.26. The van der Waals surface area contributed by atoms with Gasteiger partial charge in [0.25, 0.3) is 0 Å². The highest BCUT2D eigenvalue weighted by atomic mass is 32.2. The summed E-state index contributed by atoms with van der Waals surface area (Å²) in [6, 6.07) is 10.4. The lowest BCUT2D eigenvalue weighted by molar-refractivity contribution is 0.0822. The van der Waals surface area contributed by atoms with E-state index in [0.717, 1.165) is 24.4 Å². The van der Waals surface area contributed by atoms with E-state index in [2.05, 4.69) is 43.0 Å². The van der Waals surface area contributed by atoms with E-state index in [9.17, 15) is 0 Å². The van der Waals surface area contributed by atoms with E-state index in [0.29, 0.717) is 0 Å². The molecule has 0 aromatic heterocycles. The van der Waals surface area contributed by atoms with Crippen LogP contribution in [0.15, 0.2) is 30.3 Å². The van der Waals surface area contributed by atoms with Crippen molar-refractivity contribution in [2.75, 3.05) is 12.4 Å². The number of ether oxygens (including phenoxy) is 1. The van der Waals surface area contributed by atoms with Crippen molar-refractivity contribution in [2.45, 2.75) is 31.6 Å². The predicted molar refractivity (Wildman–Crippen MR) is 70.7 cm³/mol. The van der Waals surface area contributed by atoms with Gasteiger partial charge in [0, 0.05) is 11.9 Å². The molecule has 88 valence electrons. The van der Waals surface area contributed by atoms with Crippen LogP contribution in [0.1, 0.15) is 25.3 Å². The van der Waals surface area contributed by atoms with Gasteiger partial charge in [0.2, 0.25) is 0 Å². The molecule has 2 rings (SSSR count). The van der Waals surface area contributed by atoms with Gasteiger partial charge in [-0.25, -0.2) is 0 Å². The summed E-state index contributed by atoms with van der Waals surface area (Å²) in [5.41, 5.74) is 1.28. The van der Waals surface area contributed by atoms with Gasteiger partial charge < -0.3 is 4.74 Å². The van der Waals surface area contributed by atoms with Crippen LogP contribution >= 0.6 is 11.8 Å². The van der Waals surface area contributed by atoms with Crippen molar-refractivity contribution in [3.05, 3.63) is 35.9 Å². The second kappa shape index (κ2) is 6.31. The molecule has 0 saturated carbocycles. The Morgan fingerprint density at radius 2 is 2.12 bits per heavy atom. The second-order valence-electron chi connectivity index (χ2n) is 4.57. The van der Waals surface area contributed by atoms with Crippen molar-refractivity contribution >= 4 is 11.8 Å². The fourth-order valence-electron chi connectivity index (χ4n) is 2.16. The molecule has 1 heterocycles. The fraction of sp³-hybridized carbons (Fsp3) is 0.571. The molecular weight excluding hydrogens is 216 g/mol. The van der Waals surface area contributed by atoms with Crippen LogP contribution in [0.3, 0.4) is 0 Å². The second-order valence-corrected chi connectivity index (χ2v) is 6.12. The molecule has 0 bridgehead atoms. The van der Waals surface area contributed by atoms with Gasteiger partial charge in [-0.3, -0.25) is 0 Å². The van der Waals surface area contributed by atoms with E-state index in [1.807, 2.05) is 6.07 Å². The Morgan fingerprint density at radius 3 is 2.88 bits per heavy atom. The molecule has 0 aliphatic carbocycles. The molecule has 1 fully saturated rings. The average Bonchev–Trinajstić information content (AvgIpc) is 2.30. The normalized spacial score (nSPS) is 25.6. The number of hydrogen-bond acceptors (Lipinski definition) is 2. The molecular formula is C14H20OS. The zero-order valence-electron chi connectivity index (χ0n) is 9.89. The van der Waals surface area contributed by atoms with Gasteiger partial charge in [-0.1, -0.05) is 37.3 Å². The smallest absolute Gasteiger partial charge is 0.0717 e. The Balaban J connectivity index is 1.68. The average molecular weight is 236 g/mol. The fourth-order valence-corrected chi connectivity index (χ4v) is 3.44. The first-order valence-corrected chi connectivity index (χ1v) is 7.13. The van der Waals surface area contributed by atoms with Gasteiger partial charge in [-0.15, -0.1) is 0 Å². The van der Waals surface area contributed by atoms with Gasteiger partial charge in [-0.2, -0.15) is 11.8 Å². The quantitative estimate of drug-likeness (QED) is 0.787. The molecule has 1 aliphatic rings. The maximum absolute atomic E-state index is 5.80. The van der Waals surface area contributed by atoms with E-state index in [1.54, 1.807) is 0 Å². The highest BCUT2D eigenvalue weighted by Gasteiger charge is 2.19. The van der Waals surface area contributed by atoms with Crippen LogP contribution in [0.5, 0.6) is 0 Å². The van der Waals surface area contributed by atoms with Crippen molar-refractivity contribution in [3.63, 3.8) is 0 Å². The van der Waals surface area contributed by atoms with Crippen LogP contribution in [0, 0.1) is 5.92 Å². The molecule has 0 amide bonds. The molecule has 1 saturated heterocycles. The molecule has 0 N–H and O–H groups in total. The summed E-state index contributed by atoms with van der Waals surface area (Å²) in [4.78, 5) is 0. The summed E-state index contributed by atoms with van der Waals surface area (Å²) in [6.45, 7) is 4.02. The van der Waals surface area contributed by atoms with Crippen LogP contribution in [0.4, 0.5) is 0 Å². The molecule has 1 aromatic rings. The number of thioether (sulfide) groups is 1. The Labute approximate surface area is 103 Å². The zero-order chi connectivity index (χ0) is 11.2. The SMILES string of the molecule is C[C@H]1C[C@@H](COCc2ccccc2)CCS1. The summed E-state index contributed by atoms with van der Waals surface area (Å²) < 4.78 is 5.80. The zero-order valence-corrected chi connectivity index (χ0v) is 10.7. The van der Waals surface area contributed by atoms with Crippen LogP contribution < -0.4 is 0 Å². The Bertz CT molecular complexity index is 299. The largest absolute Gasteiger partial charge is 0.376 e. The molecule has 0 radical (unpaired) electrons. The van der Waals surface area contributed by atoms with Crippen molar-refractivity contribution in [1.29, 1.82) is 0 Å². The van der Waals surface area contributed by atoms with Crippen LogP contribution in [0.25, 0.3) is 0 Å². The van der Waals surface area contributed by atoms with Gasteiger partial charge in [-0.05, 0) is 30.1 Å². The Hall–Kier alpha value is -0.470. The first-order valence-electron chi connectivity index (χ1n) is 6.08. The maximum Gasteiger partial charge on any atom is 0.0717 e. The minimum atomic E-state index is 0.763. The molecule has 1 aromatic carbocycles. The minimum Gasteiger partial charge on any atom is -0.376 e. The first-order chi connectivity index (χ1) is 7.84. The molecule has 2 atom stereocenters. The van der Waals surface area contributed by atoms with Crippen LogP contribution in [0.2, 0.25) is 0 Å². The number of benzene rings is 1. The maximum atomic E-state index is 5.80. The monoisotopic (exact) mass is 236 g/mol. The third-order valence-corrected chi connectivity index (χ3v) is 4.29. The van der Waals surface area contributed by atoms with Crippen molar-refractivity contribution < 1.29 is 4.74 Å². The van der Waals surface area contributed by atoms with E-state index < -0.39 is 0 Å². The Morgan fingerprint density at radius 1 is 1.31 bits per heavy atom. The minimum absolute atomic E-state index is 0.763. The van der Waals surface area contributed by atoms with Crippen molar-refractivity contribution in [3.8, 4) is 0 Å². The summed E-state index contributed by atoms with van der Waals surface area (Å²) in [5, 5.41) is 0.819. The summed E-state index contributed by atoms with van der Waals surface area (Å²) in [6.07, 6.45) is 2.64. The third kappa shape index (κ3) is 3.84. The van der Waals surface area contributed by atoms with Crippen LogP contribution in [-0.4, -0.2) is 17.6 Å². The van der Waals surface area contributed by atoms with Gasteiger partial charge in [0.15, 0.2) is 0 Å².